The number of hydrogen-bond acceptors (Lipinski definition) is 3. The van der Waals surface area contributed by atoms with Gasteiger partial charge in [-0.05, 0) is 26.0 Å². The van der Waals surface area contributed by atoms with Gasteiger partial charge in [0.1, 0.15) is 5.82 Å². The van der Waals surface area contributed by atoms with Gasteiger partial charge in [-0.3, -0.25) is 4.40 Å². The van der Waals surface area contributed by atoms with Crippen molar-refractivity contribution in [2.24, 2.45) is 0 Å². The maximum atomic E-state index is 13.7. The van der Waals surface area contributed by atoms with E-state index in [4.69, 9.17) is 11.6 Å². The number of hydrogen-bond donors (Lipinski definition) is 1. The minimum atomic E-state index is -0.737. The van der Waals surface area contributed by atoms with E-state index in [9.17, 15) is 8.78 Å². The Balaban J connectivity index is 1.87. The van der Waals surface area contributed by atoms with E-state index in [2.05, 4.69) is 15.3 Å². The first-order valence-electron chi connectivity index (χ1n) is 6.64. The number of aryl methyl sites for hydroxylation is 2. The van der Waals surface area contributed by atoms with Crippen molar-refractivity contribution >= 4 is 23.1 Å². The van der Waals surface area contributed by atoms with Gasteiger partial charge in [-0.2, -0.15) is 0 Å². The van der Waals surface area contributed by atoms with Crippen molar-refractivity contribution in [3.8, 4) is 0 Å². The van der Waals surface area contributed by atoms with Gasteiger partial charge in [0.15, 0.2) is 5.82 Å². The number of fused-ring (bicyclic) bond motifs is 1. The Morgan fingerprint density at radius 1 is 1.18 bits per heavy atom. The van der Waals surface area contributed by atoms with E-state index < -0.39 is 11.6 Å². The number of halogens is 3. The van der Waals surface area contributed by atoms with Crippen molar-refractivity contribution in [2.75, 3.05) is 5.32 Å². The Labute approximate surface area is 130 Å². The monoisotopic (exact) mass is 322 g/mol. The molecule has 22 heavy (non-hydrogen) atoms. The number of aromatic nitrogens is 3. The molecule has 7 heteroatoms. The molecule has 0 spiro atoms. The lowest BCUT2D eigenvalue weighted by Gasteiger charge is -2.08. The van der Waals surface area contributed by atoms with Crippen LogP contribution in [-0.4, -0.2) is 14.4 Å². The highest BCUT2D eigenvalue weighted by Gasteiger charge is 2.11. The fraction of sp³-hybridized carbons (Fsp3) is 0.200. The van der Waals surface area contributed by atoms with Crippen LogP contribution in [0.25, 0.3) is 5.78 Å². The van der Waals surface area contributed by atoms with E-state index >= 15 is 0 Å². The average Bonchev–Trinajstić information content (AvgIpc) is 2.80. The smallest absolute Gasteiger partial charge is 0.234 e. The van der Waals surface area contributed by atoms with E-state index in [1.807, 2.05) is 30.5 Å². The third-order valence-corrected chi connectivity index (χ3v) is 3.56. The summed E-state index contributed by atoms with van der Waals surface area (Å²) in [5.74, 6) is -0.866. The van der Waals surface area contributed by atoms with Crippen LogP contribution in [0, 0.1) is 25.5 Å². The first kappa shape index (κ1) is 14.7. The lowest BCUT2D eigenvalue weighted by Crippen LogP contribution is -2.03. The van der Waals surface area contributed by atoms with E-state index in [-0.39, 0.29) is 17.3 Å². The van der Waals surface area contributed by atoms with Crippen molar-refractivity contribution in [1.29, 1.82) is 0 Å². The molecule has 0 amide bonds. The molecule has 2 heterocycles. The molecule has 3 rings (SSSR count). The van der Waals surface area contributed by atoms with E-state index in [0.29, 0.717) is 11.5 Å². The second-order valence-electron chi connectivity index (χ2n) is 5.04. The summed E-state index contributed by atoms with van der Waals surface area (Å²) in [6, 6.07) is 3.79. The standard InChI is InChI=1S/C15H13ClF2N4/c1-8-3-9(2)22-7-11(21-15(22)20-8)6-19-14-12(16)4-10(17)5-13(14)18/h3-5,7,19H,6H2,1-2H3. The molecule has 0 unspecified atom stereocenters. The van der Waals surface area contributed by atoms with Gasteiger partial charge >= 0.3 is 0 Å². The van der Waals surface area contributed by atoms with Crippen LogP contribution >= 0.6 is 11.6 Å². The molecule has 0 atom stereocenters. The zero-order valence-corrected chi connectivity index (χ0v) is 12.7. The Kier molecular flexibility index (Phi) is 3.70. The van der Waals surface area contributed by atoms with Crippen LogP contribution in [-0.2, 0) is 6.54 Å². The average molecular weight is 323 g/mol. The second-order valence-corrected chi connectivity index (χ2v) is 5.45. The molecule has 114 valence electrons. The summed E-state index contributed by atoms with van der Waals surface area (Å²) in [6.45, 7) is 4.11. The predicted octanol–water partition coefficient (Wildman–Crippen LogP) is 3.89. The number of anilines is 1. The second kappa shape index (κ2) is 5.53. The Morgan fingerprint density at radius 3 is 2.68 bits per heavy atom. The highest BCUT2D eigenvalue weighted by atomic mass is 35.5. The van der Waals surface area contributed by atoms with Gasteiger partial charge in [0.05, 0.1) is 22.9 Å². The van der Waals surface area contributed by atoms with Crippen LogP contribution in [0.3, 0.4) is 0 Å². The maximum absolute atomic E-state index is 13.7. The number of nitrogens with one attached hydrogen (secondary N) is 1. The summed E-state index contributed by atoms with van der Waals surface area (Å²) in [4.78, 5) is 8.71. The number of rotatable bonds is 3. The number of nitrogens with zero attached hydrogens (tertiary/aromatic N) is 3. The third-order valence-electron chi connectivity index (χ3n) is 3.26. The van der Waals surface area contributed by atoms with Crippen LogP contribution in [0.4, 0.5) is 14.5 Å². The number of benzene rings is 1. The van der Waals surface area contributed by atoms with Crippen LogP contribution in [0.15, 0.2) is 24.4 Å². The van der Waals surface area contributed by atoms with E-state index in [0.717, 1.165) is 23.5 Å². The molecule has 3 aromatic rings. The Hall–Kier alpha value is -2.21. The van der Waals surface area contributed by atoms with Crippen LogP contribution < -0.4 is 5.32 Å². The summed E-state index contributed by atoms with van der Waals surface area (Å²) in [7, 11) is 0. The molecule has 1 aromatic carbocycles. The highest BCUT2D eigenvalue weighted by Crippen LogP contribution is 2.26. The molecular formula is C15H13ClF2N4. The van der Waals surface area contributed by atoms with Crippen molar-refractivity contribution < 1.29 is 8.78 Å². The Morgan fingerprint density at radius 2 is 1.95 bits per heavy atom. The van der Waals surface area contributed by atoms with E-state index in [1.165, 1.54) is 0 Å². The van der Waals surface area contributed by atoms with Crippen LogP contribution in [0.5, 0.6) is 0 Å². The first-order chi connectivity index (χ1) is 10.4. The van der Waals surface area contributed by atoms with E-state index in [1.54, 1.807) is 0 Å². The molecule has 0 saturated heterocycles. The van der Waals surface area contributed by atoms with Gasteiger partial charge in [0.2, 0.25) is 5.78 Å². The quantitative estimate of drug-likeness (QED) is 0.795. The van der Waals surface area contributed by atoms with Gasteiger partial charge < -0.3 is 5.32 Å². The fourth-order valence-electron chi connectivity index (χ4n) is 2.29. The van der Waals surface area contributed by atoms with Crippen molar-refractivity contribution in [3.05, 3.63) is 58.1 Å². The first-order valence-corrected chi connectivity index (χ1v) is 7.02. The van der Waals surface area contributed by atoms with Crippen LogP contribution in [0.2, 0.25) is 5.02 Å². The summed E-state index contributed by atoms with van der Waals surface area (Å²) in [5, 5.41) is 2.83. The summed E-state index contributed by atoms with van der Waals surface area (Å²) in [5.41, 5.74) is 2.62. The minimum absolute atomic E-state index is 0.00795. The fourth-order valence-corrected chi connectivity index (χ4v) is 2.55. The Bertz CT molecular complexity index is 837. The molecule has 0 aliphatic heterocycles. The van der Waals surface area contributed by atoms with Gasteiger partial charge in [0, 0.05) is 23.7 Å². The lowest BCUT2D eigenvalue weighted by molar-refractivity contribution is 0.585. The van der Waals surface area contributed by atoms with Gasteiger partial charge in [-0.15, -0.1) is 0 Å². The third kappa shape index (κ3) is 2.74. The molecule has 0 aliphatic rings. The molecule has 2 aromatic heterocycles. The molecule has 0 radical (unpaired) electrons. The molecule has 0 bridgehead atoms. The molecule has 1 N–H and O–H groups in total. The molecule has 0 saturated carbocycles. The zero-order valence-electron chi connectivity index (χ0n) is 12.0. The molecule has 0 aliphatic carbocycles. The summed E-state index contributed by atoms with van der Waals surface area (Å²) in [6.07, 6.45) is 1.82. The van der Waals surface area contributed by atoms with Crippen LogP contribution in [0.1, 0.15) is 17.1 Å². The predicted molar refractivity (Wildman–Crippen MR) is 81.2 cm³/mol. The van der Waals surface area contributed by atoms with Gasteiger partial charge in [-0.25, -0.2) is 18.7 Å². The maximum Gasteiger partial charge on any atom is 0.234 e. The highest BCUT2D eigenvalue weighted by molar-refractivity contribution is 6.33. The van der Waals surface area contributed by atoms with Gasteiger partial charge in [-0.1, -0.05) is 11.6 Å². The summed E-state index contributed by atoms with van der Waals surface area (Å²) >= 11 is 5.85. The zero-order chi connectivity index (χ0) is 15.9. The van der Waals surface area contributed by atoms with Crippen molar-refractivity contribution in [1.82, 2.24) is 14.4 Å². The van der Waals surface area contributed by atoms with Gasteiger partial charge in [0.25, 0.3) is 0 Å². The largest absolute Gasteiger partial charge is 0.376 e. The lowest BCUT2D eigenvalue weighted by atomic mass is 10.3. The topological polar surface area (TPSA) is 42.2 Å². The number of imidazole rings is 1. The van der Waals surface area contributed by atoms with Crippen molar-refractivity contribution in [3.63, 3.8) is 0 Å². The van der Waals surface area contributed by atoms with Crippen molar-refractivity contribution in [2.45, 2.75) is 20.4 Å². The molecule has 4 nitrogen and oxygen atoms in total. The SMILES string of the molecule is Cc1cc(C)n2cc(CNc3c(F)cc(F)cc3Cl)nc2n1. The minimum Gasteiger partial charge on any atom is -0.376 e. The molecule has 0 fully saturated rings. The normalized spacial score (nSPS) is 11.1. The molecular weight excluding hydrogens is 310 g/mol. The summed E-state index contributed by atoms with van der Waals surface area (Å²) < 4.78 is 28.6.